The van der Waals surface area contributed by atoms with Crippen LogP contribution < -0.4 is 32.7 Å². The highest BCUT2D eigenvalue weighted by Gasteiger charge is 1.97. The highest BCUT2D eigenvalue weighted by molar-refractivity contribution is 5.94. The molecular weight excluding hydrogens is 985 g/mol. The molecule has 464 valence electrons. The predicted octanol–water partition coefficient (Wildman–Crippen LogP) is 26.8. The van der Waals surface area contributed by atoms with Crippen LogP contribution in [0.2, 0.25) is 0 Å². The van der Waals surface area contributed by atoms with Gasteiger partial charge in [0.1, 0.15) is 0 Å². The maximum absolute atomic E-state index is 5.76. The van der Waals surface area contributed by atoms with E-state index >= 15 is 0 Å². The lowest BCUT2D eigenvalue weighted by Crippen LogP contribution is -1.91. The quantitative estimate of drug-likeness (QED) is 0.0928. The monoisotopic (exact) mass is 1120 g/mol. The molecule has 0 aliphatic carbocycles. The molecule has 0 radical (unpaired) electrons. The van der Waals surface area contributed by atoms with Gasteiger partial charge in [0.25, 0.3) is 0 Å². The van der Waals surface area contributed by atoms with E-state index in [1.165, 1.54) is 21.8 Å². The molecule has 0 spiro atoms. The van der Waals surface area contributed by atoms with E-state index in [1.807, 2.05) is 335 Å². The van der Waals surface area contributed by atoms with Crippen LogP contribution in [0.3, 0.4) is 0 Å². The molecule has 6 nitrogen and oxygen atoms in total. The Bertz CT molecular complexity index is 2210. The third-order valence-corrected chi connectivity index (χ3v) is 8.09. The number of rotatable bonds is 6. The van der Waals surface area contributed by atoms with Crippen LogP contribution in [0.25, 0.3) is 21.5 Å². The Morgan fingerprint density at radius 2 is 0.494 bits per heavy atom. The van der Waals surface area contributed by atoms with Crippen LogP contribution in [0, 0.1) is 0 Å². The summed E-state index contributed by atoms with van der Waals surface area (Å²) >= 11 is 0. The summed E-state index contributed by atoms with van der Waals surface area (Å²) in [6.07, 6.45) is 0. The number of hydrogen-bond acceptors (Lipinski definition) is 6. The van der Waals surface area contributed by atoms with Crippen molar-refractivity contribution in [2.24, 2.45) is 0 Å². The average Bonchev–Trinajstić information content (AvgIpc) is 3.59. The number of nitrogens with one attached hydrogen (secondary N) is 4. The van der Waals surface area contributed by atoms with Crippen LogP contribution in [0.5, 0.6) is 0 Å². The molecule has 0 heterocycles. The Balaban J connectivity index is -0.0000000780. The third-order valence-electron chi connectivity index (χ3n) is 8.09. The summed E-state index contributed by atoms with van der Waals surface area (Å²) in [6, 6.07) is 64.8. The molecule has 81 heavy (non-hydrogen) atoms. The van der Waals surface area contributed by atoms with Gasteiger partial charge in [0.2, 0.25) is 0 Å². The van der Waals surface area contributed by atoms with Crippen molar-refractivity contribution in [1.29, 1.82) is 0 Å². The van der Waals surface area contributed by atoms with Crippen LogP contribution in [0.1, 0.15) is 201 Å². The molecule has 0 bridgehead atoms. The standard InChI is InChI=1S/C13H14N2.C12H12N2.C11H11N.C10H9N.14C2H6.CH4/c1-14-11-7-9-13(10-8-11)15-12-5-3-2-4-6-12;13-10-6-8-12(9-7-10)14-11-4-2-1-3-5-11;1-12-11-8-4-6-9-5-2-3-7-10(9)11;11-10-7-3-5-8-4-1-2-6-9(8)10;14*1-2;/h2-10,14-15H,1H3;1-9,14H,13H2;2-8,12H,1H3;1-7H,11H2;14*1-2H3;1H4. The van der Waals surface area contributed by atoms with E-state index in [0.29, 0.717) is 0 Å². The van der Waals surface area contributed by atoms with E-state index in [2.05, 4.69) is 88.0 Å². The van der Waals surface area contributed by atoms with Gasteiger partial charge in [0.15, 0.2) is 0 Å². The maximum Gasteiger partial charge on any atom is 0.0417 e. The Morgan fingerprint density at radius 1 is 0.235 bits per heavy atom. The average molecular weight is 1120 g/mol. The smallest absolute Gasteiger partial charge is 0.0417 e. The van der Waals surface area contributed by atoms with Crippen molar-refractivity contribution in [3.05, 3.63) is 194 Å². The van der Waals surface area contributed by atoms with Crippen molar-refractivity contribution in [1.82, 2.24) is 0 Å². The molecule has 0 aliphatic heterocycles. The fourth-order valence-electron chi connectivity index (χ4n) is 5.36. The number of para-hydroxylation sites is 2. The molecule has 8 rings (SSSR count). The van der Waals surface area contributed by atoms with Gasteiger partial charge in [-0.3, -0.25) is 0 Å². The van der Waals surface area contributed by atoms with Crippen molar-refractivity contribution in [3.63, 3.8) is 0 Å². The molecule has 0 aliphatic rings. The summed E-state index contributed by atoms with van der Waals surface area (Å²) in [5.41, 5.74) is 19.6. The van der Waals surface area contributed by atoms with Gasteiger partial charge in [-0.25, -0.2) is 0 Å². The molecule has 0 unspecified atom stereocenters. The molecule has 8 N–H and O–H groups in total. The molecule has 0 amide bonds. The van der Waals surface area contributed by atoms with Gasteiger partial charge >= 0.3 is 0 Å². The summed E-state index contributed by atoms with van der Waals surface area (Å²) in [6.45, 7) is 56.0. The second-order valence-corrected chi connectivity index (χ2v) is 11.8. The molecular formula is C75H134N6. The van der Waals surface area contributed by atoms with Gasteiger partial charge in [-0.05, 0) is 95.7 Å². The van der Waals surface area contributed by atoms with Crippen molar-refractivity contribution < 1.29 is 0 Å². The van der Waals surface area contributed by atoms with Crippen molar-refractivity contribution in [2.45, 2.75) is 201 Å². The molecule has 6 heteroatoms. The number of nitrogens with two attached hydrogens (primary N) is 2. The van der Waals surface area contributed by atoms with Crippen molar-refractivity contribution in [3.8, 4) is 0 Å². The lowest BCUT2D eigenvalue weighted by Gasteiger charge is -2.06. The molecule has 8 aromatic carbocycles. The normalized spacial score (nSPS) is 7.38. The first-order valence-electron chi connectivity index (χ1n) is 31.2. The summed E-state index contributed by atoms with van der Waals surface area (Å²) in [7, 11) is 3.86. The van der Waals surface area contributed by atoms with Gasteiger partial charge < -0.3 is 32.7 Å². The van der Waals surface area contributed by atoms with Gasteiger partial charge in [-0.15, -0.1) is 0 Å². The van der Waals surface area contributed by atoms with Crippen LogP contribution in [-0.2, 0) is 0 Å². The molecule has 8 aromatic rings. The summed E-state index contributed by atoms with van der Waals surface area (Å²) in [5, 5.41) is 17.8. The lowest BCUT2D eigenvalue weighted by molar-refractivity contribution is 1.49. The zero-order valence-electron chi connectivity index (χ0n) is 57.6. The third kappa shape index (κ3) is 53.5. The Hall–Kier alpha value is -6.92. The van der Waals surface area contributed by atoms with Gasteiger partial charge in [0.05, 0.1) is 0 Å². The zero-order valence-corrected chi connectivity index (χ0v) is 57.6. The first-order valence-corrected chi connectivity index (χ1v) is 31.2. The maximum atomic E-state index is 5.76. The molecule has 0 saturated heterocycles. The van der Waals surface area contributed by atoms with Gasteiger partial charge in [-0.2, -0.15) is 0 Å². The van der Waals surface area contributed by atoms with Gasteiger partial charge in [-0.1, -0.05) is 310 Å². The summed E-state index contributed by atoms with van der Waals surface area (Å²) in [4.78, 5) is 0. The molecule has 0 aromatic heterocycles. The van der Waals surface area contributed by atoms with Gasteiger partial charge in [0, 0.05) is 70.4 Å². The topological polar surface area (TPSA) is 100 Å². The summed E-state index contributed by atoms with van der Waals surface area (Å²) in [5.74, 6) is 0. The van der Waals surface area contributed by atoms with E-state index in [9.17, 15) is 0 Å². The highest BCUT2D eigenvalue weighted by Crippen LogP contribution is 2.23. The molecule has 0 atom stereocenters. The number of anilines is 8. The number of fused-ring (bicyclic) bond motifs is 2. The number of benzene rings is 8. The van der Waals surface area contributed by atoms with Crippen LogP contribution >= 0.6 is 0 Å². The van der Waals surface area contributed by atoms with Crippen molar-refractivity contribution >= 4 is 67.0 Å². The number of hydrogen-bond donors (Lipinski definition) is 6. The Kier molecular flexibility index (Phi) is 110. The zero-order chi connectivity index (χ0) is 64.4. The minimum Gasteiger partial charge on any atom is -0.399 e. The number of nitrogen functional groups attached to an aromatic ring is 2. The predicted molar refractivity (Wildman–Crippen MR) is 394 cm³/mol. The first-order chi connectivity index (χ1) is 39.5. The SMILES string of the molecule is C.CC.CC.CC.CC.CC.CC.CC.CC.CC.CC.CC.CC.CC.CC.CNc1ccc(Nc2ccccc2)cc1.CNc1cccc2ccccc12.Nc1ccc(Nc2ccccc2)cc1.Nc1cccc2ccccc12. The van der Waals surface area contributed by atoms with E-state index < -0.39 is 0 Å². The largest absolute Gasteiger partial charge is 0.399 e. The van der Waals surface area contributed by atoms with E-state index in [1.54, 1.807) is 0 Å². The Morgan fingerprint density at radius 3 is 0.827 bits per heavy atom. The second-order valence-electron chi connectivity index (χ2n) is 11.8. The van der Waals surface area contributed by atoms with Crippen LogP contribution in [0.4, 0.5) is 45.5 Å². The fourth-order valence-corrected chi connectivity index (χ4v) is 5.36. The van der Waals surface area contributed by atoms with Crippen molar-refractivity contribution in [2.75, 3.05) is 46.8 Å². The van der Waals surface area contributed by atoms with E-state index in [-0.39, 0.29) is 7.43 Å². The van der Waals surface area contributed by atoms with E-state index in [0.717, 1.165) is 45.2 Å². The minimum atomic E-state index is 0. The summed E-state index contributed by atoms with van der Waals surface area (Å²) < 4.78 is 0. The molecule has 0 fully saturated rings. The van der Waals surface area contributed by atoms with Crippen LogP contribution in [-0.4, -0.2) is 14.1 Å². The van der Waals surface area contributed by atoms with E-state index in [4.69, 9.17) is 11.5 Å². The highest BCUT2D eigenvalue weighted by atomic mass is 14.9. The Labute approximate surface area is 506 Å². The minimum absolute atomic E-state index is 0. The molecule has 0 saturated carbocycles. The second kappa shape index (κ2) is 89.6. The first kappa shape index (κ1) is 99.4. The lowest BCUT2D eigenvalue weighted by atomic mass is 10.1. The van der Waals surface area contributed by atoms with Crippen LogP contribution in [0.15, 0.2) is 194 Å². The fraction of sp³-hybridized carbons (Fsp3) is 0.413.